The van der Waals surface area contributed by atoms with E-state index in [0.717, 1.165) is 44.5 Å². The molecular formula is C62H68O8P2. The maximum atomic E-state index is 7.73. The molecule has 1 atom stereocenters. The van der Waals surface area contributed by atoms with Gasteiger partial charge in [0.2, 0.25) is 0 Å². The molecule has 7 aromatic carbocycles. The maximum Gasteiger partial charge on any atom is 0.530 e. The second-order valence-electron chi connectivity index (χ2n) is 22.8. The van der Waals surface area contributed by atoms with Gasteiger partial charge in [-0.3, -0.25) is 9.05 Å². The van der Waals surface area contributed by atoms with Crippen molar-refractivity contribution in [1.29, 1.82) is 0 Å². The molecule has 1 unspecified atom stereocenters. The third-order valence-electron chi connectivity index (χ3n) is 13.5. The molecule has 10 heteroatoms. The van der Waals surface area contributed by atoms with Gasteiger partial charge in [-0.1, -0.05) is 210 Å². The SMILES string of the molecule is COc1cc(-c2cc(OC)cc(C(C)(C)C)c2OP2OC(c3ccccc3)(c3ccccc3)C(c3ccccc3)(c3ccccc3)O2)c(OP2Oc3cc(C(C)(C)C)cc(C(C)(C)C)c3O2)c(C(C)(C)C)c1. The second kappa shape index (κ2) is 19.2. The summed E-state index contributed by atoms with van der Waals surface area (Å²) in [4.78, 5) is 0. The first-order valence-corrected chi connectivity index (χ1v) is 26.8. The van der Waals surface area contributed by atoms with Crippen LogP contribution in [-0.2, 0) is 41.9 Å². The molecule has 8 nitrogen and oxygen atoms in total. The molecule has 374 valence electrons. The monoisotopic (exact) mass is 1000 g/mol. The van der Waals surface area contributed by atoms with E-state index in [1.165, 1.54) is 0 Å². The number of hydrogen-bond donors (Lipinski definition) is 0. The quantitative estimate of drug-likeness (QED) is 0.119. The summed E-state index contributed by atoms with van der Waals surface area (Å²) >= 11 is 0. The largest absolute Gasteiger partial charge is 0.530 e. The van der Waals surface area contributed by atoms with Crippen LogP contribution in [0.2, 0.25) is 0 Å². The van der Waals surface area contributed by atoms with Gasteiger partial charge in [0.15, 0.2) is 22.7 Å². The Morgan fingerprint density at radius 3 is 1.08 bits per heavy atom. The van der Waals surface area contributed by atoms with Gasteiger partial charge in [-0.05, 0) is 79.8 Å². The zero-order chi connectivity index (χ0) is 51.4. The minimum atomic E-state index is -2.26. The van der Waals surface area contributed by atoms with Gasteiger partial charge < -0.3 is 27.6 Å². The van der Waals surface area contributed by atoms with E-state index in [2.05, 4.69) is 144 Å². The lowest BCUT2D eigenvalue weighted by atomic mass is 9.66. The Morgan fingerprint density at radius 1 is 0.389 bits per heavy atom. The predicted molar refractivity (Wildman–Crippen MR) is 292 cm³/mol. The van der Waals surface area contributed by atoms with Crippen LogP contribution >= 0.6 is 17.2 Å². The predicted octanol–water partition coefficient (Wildman–Crippen LogP) is 17.2. The molecule has 0 saturated carbocycles. The van der Waals surface area contributed by atoms with Crippen molar-refractivity contribution in [2.75, 3.05) is 14.2 Å². The van der Waals surface area contributed by atoms with Crippen LogP contribution in [0.4, 0.5) is 0 Å². The summed E-state index contributed by atoms with van der Waals surface area (Å²) in [6, 6.07) is 53.8. The Bertz CT molecular complexity index is 2870. The number of methoxy groups -OCH3 is 2. The van der Waals surface area contributed by atoms with Gasteiger partial charge in [-0.25, -0.2) is 0 Å². The summed E-state index contributed by atoms with van der Waals surface area (Å²) in [5, 5.41) is 0. The molecule has 0 N–H and O–H groups in total. The first-order valence-electron chi connectivity index (χ1n) is 24.7. The van der Waals surface area contributed by atoms with Crippen LogP contribution < -0.4 is 27.6 Å². The summed E-state index contributed by atoms with van der Waals surface area (Å²) in [6.07, 6.45) is 0. The van der Waals surface area contributed by atoms with E-state index in [4.69, 9.17) is 36.6 Å². The van der Waals surface area contributed by atoms with Crippen LogP contribution in [0.1, 0.15) is 128 Å². The average molecular weight is 1000 g/mol. The van der Waals surface area contributed by atoms with Gasteiger partial charge in [0, 0.05) is 27.8 Å². The second-order valence-corrected chi connectivity index (χ2v) is 24.8. The summed E-state index contributed by atoms with van der Waals surface area (Å²) < 4.78 is 56.2. The molecule has 7 aromatic rings. The van der Waals surface area contributed by atoms with E-state index in [1.54, 1.807) is 14.2 Å². The zero-order valence-electron chi connectivity index (χ0n) is 44.2. The number of rotatable bonds is 11. The highest BCUT2D eigenvalue weighted by Crippen LogP contribution is 2.71. The van der Waals surface area contributed by atoms with Crippen molar-refractivity contribution in [2.45, 2.75) is 116 Å². The van der Waals surface area contributed by atoms with Gasteiger partial charge in [0.05, 0.1) is 14.2 Å². The molecular weight excluding hydrogens is 935 g/mol. The van der Waals surface area contributed by atoms with Crippen LogP contribution in [0.15, 0.2) is 158 Å². The fraction of sp³-hybridized carbons (Fsp3) is 0.323. The van der Waals surface area contributed by atoms with Crippen LogP contribution in [0.25, 0.3) is 11.1 Å². The Labute approximate surface area is 429 Å². The van der Waals surface area contributed by atoms with Crippen molar-refractivity contribution < 1.29 is 36.6 Å². The van der Waals surface area contributed by atoms with Crippen molar-refractivity contribution >= 4 is 17.2 Å². The first kappa shape index (κ1) is 51.0. The van der Waals surface area contributed by atoms with Crippen molar-refractivity contribution in [1.82, 2.24) is 0 Å². The standard InChI is InChI=1S/C62H68O8P2/c1-57(2,3)45-35-50(58(4,5)6)56-53(36-45)65-71(68-56)66-54-48(37-46(63-13)39-51(54)59(7,8)9)49-38-47(64-14)40-52(60(10,11)12)55(49)67-72-69-61(41-27-19-15-20-28-41,42-29-21-16-22-30-42)62(70-72,43-31-23-17-24-32-43)44-33-25-18-26-34-44/h15-40H,1-14H3. The molecule has 0 aliphatic carbocycles. The van der Waals surface area contributed by atoms with Crippen molar-refractivity contribution in [2.24, 2.45) is 0 Å². The number of ether oxygens (including phenoxy) is 2. The van der Waals surface area contributed by atoms with Crippen molar-refractivity contribution in [3.8, 4) is 45.6 Å². The summed E-state index contributed by atoms with van der Waals surface area (Å²) in [5.41, 5.74) is 5.20. The Kier molecular flexibility index (Phi) is 13.6. The highest BCUT2D eigenvalue weighted by molar-refractivity contribution is 7.43. The van der Waals surface area contributed by atoms with Crippen molar-refractivity contribution in [3.63, 3.8) is 0 Å². The third-order valence-corrected chi connectivity index (χ3v) is 15.7. The summed E-state index contributed by atoms with van der Waals surface area (Å²) in [5.74, 6) is 3.77. The van der Waals surface area contributed by atoms with Crippen LogP contribution in [-0.4, -0.2) is 14.2 Å². The van der Waals surface area contributed by atoms with Crippen LogP contribution in [0.3, 0.4) is 0 Å². The molecule has 2 aliphatic rings. The normalized spacial score (nSPS) is 16.6. The lowest BCUT2D eigenvalue weighted by molar-refractivity contribution is 0.00370. The lowest BCUT2D eigenvalue weighted by Crippen LogP contribution is -2.48. The van der Waals surface area contributed by atoms with E-state index < -0.39 is 39.2 Å². The van der Waals surface area contributed by atoms with Crippen LogP contribution in [0, 0.1) is 0 Å². The smallest absolute Gasteiger partial charge is 0.497 e. The molecule has 1 fully saturated rings. The first-order chi connectivity index (χ1) is 34.1. The molecule has 72 heavy (non-hydrogen) atoms. The number of benzene rings is 7. The fourth-order valence-electron chi connectivity index (χ4n) is 9.72. The highest BCUT2D eigenvalue weighted by atomic mass is 31.2. The van der Waals surface area contributed by atoms with E-state index in [1.807, 2.05) is 97.1 Å². The zero-order valence-corrected chi connectivity index (χ0v) is 46.0. The molecule has 0 spiro atoms. The average Bonchev–Trinajstić information content (AvgIpc) is 3.93. The summed E-state index contributed by atoms with van der Waals surface area (Å²) in [7, 11) is -0.883. The number of hydrogen-bond acceptors (Lipinski definition) is 8. The topological polar surface area (TPSA) is 73.8 Å². The lowest BCUT2D eigenvalue weighted by Gasteiger charge is -2.43. The molecule has 0 aromatic heterocycles. The van der Waals surface area contributed by atoms with Gasteiger partial charge in [-0.2, -0.15) is 0 Å². The fourth-order valence-corrected chi connectivity index (χ4v) is 12.4. The minimum absolute atomic E-state index is 0.126. The molecule has 9 rings (SSSR count). The van der Waals surface area contributed by atoms with E-state index in [-0.39, 0.29) is 10.8 Å². The van der Waals surface area contributed by atoms with E-state index >= 15 is 0 Å². The van der Waals surface area contributed by atoms with Crippen molar-refractivity contribution in [3.05, 3.63) is 202 Å². The minimum Gasteiger partial charge on any atom is -0.497 e. The summed E-state index contributed by atoms with van der Waals surface area (Å²) in [6.45, 7) is 26.2. The van der Waals surface area contributed by atoms with E-state index in [9.17, 15) is 0 Å². The maximum absolute atomic E-state index is 7.73. The Morgan fingerprint density at radius 2 is 0.750 bits per heavy atom. The van der Waals surface area contributed by atoms with E-state index in [0.29, 0.717) is 45.6 Å². The Hall–Kier alpha value is -5.88. The molecule has 2 heterocycles. The molecule has 1 saturated heterocycles. The van der Waals surface area contributed by atoms with Gasteiger partial charge in [0.25, 0.3) is 0 Å². The van der Waals surface area contributed by atoms with Gasteiger partial charge in [-0.15, -0.1) is 0 Å². The number of fused-ring (bicyclic) bond motifs is 1. The molecule has 0 radical (unpaired) electrons. The molecule has 2 aliphatic heterocycles. The van der Waals surface area contributed by atoms with Crippen LogP contribution in [0.5, 0.6) is 34.5 Å². The highest BCUT2D eigenvalue weighted by Gasteiger charge is 2.67. The third kappa shape index (κ3) is 9.37. The Balaban J connectivity index is 1.28. The van der Waals surface area contributed by atoms with Gasteiger partial charge in [0.1, 0.15) is 23.0 Å². The molecule has 0 amide bonds. The molecule has 0 bridgehead atoms. The van der Waals surface area contributed by atoms with Gasteiger partial charge >= 0.3 is 17.2 Å².